The molecule has 0 amide bonds. The van der Waals surface area contributed by atoms with Gasteiger partial charge in [0.15, 0.2) is 0 Å². The zero-order valence-corrected chi connectivity index (χ0v) is 24.4. The van der Waals surface area contributed by atoms with Crippen LogP contribution >= 0.6 is 0 Å². The van der Waals surface area contributed by atoms with E-state index in [1.165, 1.54) is 22.8 Å². The number of halogens is 3. The Morgan fingerprint density at radius 2 is 1.36 bits per heavy atom. The van der Waals surface area contributed by atoms with Crippen molar-refractivity contribution in [2.75, 3.05) is 12.8 Å². The summed E-state index contributed by atoms with van der Waals surface area (Å²) in [6, 6.07) is 34.5. The van der Waals surface area contributed by atoms with Gasteiger partial charge in [-0.15, -0.1) is 0 Å². The fourth-order valence-corrected chi connectivity index (χ4v) is 4.52. The zero-order valence-electron chi connectivity index (χ0n) is 23.6. The monoisotopic (exact) mass is 599 g/mol. The van der Waals surface area contributed by atoms with Crippen molar-refractivity contribution in [3.05, 3.63) is 137 Å². The van der Waals surface area contributed by atoms with Gasteiger partial charge in [-0.25, -0.2) is 0 Å². The molecular formula is C33H36F3NO4S. The van der Waals surface area contributed by atoms with Gasteiger partial charge in [-0.2, -0.15) is 21.6 Å². The van der Waals surface area contributed by atoms with Crippen molar-refractivity contribution in [3.63, 3.8) is 0 Å². The first-order valence-corrected chi connectivity index (χ1v) is 15.4. The summed E-state index contributed by atoms with van der Waals surface area (Å²) in [5.41, 5.74) is 3.65. The number of nitrogens with one attached hydrogen (secondary N) is 1. The van der Waals surface area contributed by atoms with E-state index < -0.39 is 21.9 Å². The quantitative estimate of drug-likeness (QED) is 0.174. The van der Waals surface area contributed by atoms with Crippen LogP contribution in [-0.2, 0) is 29.3 Å². The van der Waals surface area contributed by atoms with Crippen LogP contribution in [0.1, 0.15) is 47.1 Å². The zero-order chi connectivity index (χ0) is 30.6. The molecule has 0 aliphatic heterocycles. The molecule has 4 aromatic carbocycles. The third-order valence-corrected chi connectivity index (χ3v) is 6.45. The maximum Gasteiger partial charge on any atom is 0.416 e. The van der Waals surface area contributed by atoms with E-state index in [1.807, 2.05) is 36.4 Å². The van der Waals surface area contributed by atoms with Crippen LogP contribution in [0.4, 0.5) is 13.2 Å². The second-order valence-corrected chi connectivity index (χ2v) is 11.6. The number of hydrogen-bond donors (Lipinski definition) is 2. The molecule has 1 unspecified atom stereocenters. The van der Waals surface area contributed by atoms with Gasteiger partial charge < -0.3 is 10.1 Å². The highest BCUT2D eigenvalue weighted by Crippen LogP contribution is 2.30. The number of ether oxygens (including phenoxy) is 1. The number of alkyl halides is 3. The summed E-state index contributed by atoms with van der Waals surface area (Å²) in [7, 11) is -3.67. The van der Waals surface area contributed by atoms with Crippen LogP contribution in [0.5, 0.6) is 5.75 Å². The average Bonchev–Trinajstić information content (AvgIpc) is 2.95. The van der Waals surface area contributed by atoms with Gasteiger partial charge in [-0.05, 0) is 72.8 Å². The Balaban J connectivity index is 0.000000892. The molecule has 42 heavy (non-hydrogen) atoms. The van der Waals surface area contributed by atoms with Gasteiger partial charge >= 0.3 is 6.18 Å². The minimum absolute atomic E-state index is 0.0885. The molecule has 2 N–H and O–H groups in total. The van der Waals surface area contributed by atoms with Crippen molar-refractivity contribution in [1.82, 2.24) is 5.32 Å². The van der Waals surface area contributed by atoms with Crippen LogP contribution in [0.2, 0.25) is 0 Å². The summed E-state index contributed by atoms with van der Waals surface area (Å²) in [4.78, 5) is 0. The minimum Gasteiger partial charge on any atom is -0.489 e. The highest BCUT2D eigenvalue weighted by molar-refractivity contribution is 7.85. The normalized spacial score (nSPS) is 12.4. The summed E-state index contributed by atoms with van der Waals surface area (Å²) in [6.07, 6.45) is -1.77. The van der Waals surface area contributed by atoms with Gasteiger partial charge in [0.2, 0.25) is 0 Å². The Morgan fingerprint density at radius 3 is 1.88 bits per heavy atom. The second-order valence-electron chi connectivity index (χ2n) is 10.1. The summed E-state index contributed by atoms with van der Waals surface area (Å²) >= 11 is 0. The minimum atomic E-state index is -4.35. The predicted molar refractivity (Wildman–Crippen MR) is 160 cm³/mol. The second kappa shape index (κ2) is 15.5. The lowest BCUT2D eigenvalue weighted by Crippen LogP contribution is -2.30. The SMILES string of the molecule is CC(Cc1ccc(OCc2cccc(C(F)(F)F)c2)cc1)NCCC(c1ccccc1)c1ccccc1.CS(=O)(=O)O. The molecule has 0 radical (unpaired) electrons. The van der Waals surface area contributed by atoms with Crippen LogP contribution in [0.15, 0.2) is 109 Å². The van der Waals surface area contributed by atoms with E-state index in [2.05, 4.69) is 60.8 Å². The lowest BCUT2D eigenvalue weighted by molar-refractivity contribution is -0.137. The van der Waals surface area contributed by atoms with Crippen molar-refractivity contribution in [2.45, 2.75) is 44.5 Å². The first kappa shape index (κ1) is 32.8. The Kier molecular flexibility index (Phi) is 12.2. The maximum absolute atomic E-state index is 12.9. The fraction of sp³-hybridized carbons (Fsp3) is 0.273. The molecule has 0 saturated carbocycles. The largest absolute Gasteiger partial charge is 0.489 e. The molecule has 1 atom stereocenters. The van der Waals surface area contributed by atoms with Crippen LogP contribution in [0.3, 0.4) is 0 Å². The van der Waals surface area contributed by atoms with E-state index >= 15 is 0 Å². The molecule has 0 aromatic heterocycles. The number of rotatable bonds is 11. The topological polar surface area (TPSA) is 75.6 Å². The fourth-order valence-electron chi connectivity index (χ4n) is 4.52. The van der Waals surface area contributed by atoms with E-state index in [0.717, 1.165) is 31.5 Å². The van der Waals surface area contributed by atoms with Crippen molar-refractivity contribution in [1.29, 1.82) is 0 Å². The molecule has 224 valence electrons. The molecule has 0 bridgehead atoms. The Labute approximate surface area is 246 Å². The van der Waals surface area contributed by atoms with E-state index in [-0.39, 0.29) is 6.61 Å². The van der Waals surface area contributed by atoms with Crippen LogP contribution in [-0.4, -0.2) is 31.8 Å². The maximum atomic E-state index is 12.9. The Hall–Kier alpha value is -3.66. The molecule has 9 heteroatoms. The molecule has 0 heterocycles. The lowest BCUT2D eigenvalue weighted by atomic mass is 9.88. The smallest absolute Gasteiger partial charge is 0.416 e. The average molecular weight is 600 g/mol. The van der Waals surface area contributed by atoms with E-state index in [4.69, 9.17) is 9.29 Å². The highest BCUT2D eigenvalue weighted by Gasteiger charge is 2.30. The lowest BCUT2D eigenvalue weighted by Gasteiger charge is -2.20. The Bertz CT molecular complexity index is 1420. The molecule has 0 spiro atoms. The molecular weight excluding hydrogens is 563 g/mol. The molecule has 0 aliphatic rings. The molecule has 0 saturated heterocycles. The molecule has 5 nitrogen and oxygen atoms in total. The van der Waals surface area contributed by atoms with Gasteiger partial charge in [-0.1, -0.05) is 84.9 Å². The third-order valence-electron chi connectivity index (χ3n) is 6.45. The van der Waals surface area contributed by atoms with E-state index in [1.54, 1.807) is 6.07 Å². The van der Waals surface area contributed by atoms with Gasteiger partial charge in [0, 0.05) is 12.0 Å². The van der Waals surface area contributed by atoms with Crippen LogP contribution in [0.25, 0.3) is 0 Å². The molecule has 4 rings (SSSR count). The van der Waals surface area contributed by atoms with Gasteiger partial charge in [-0.3, -0.25) is 4.55 Å². The predicted octanol–water partition coefficient (Wildman–Crippen LogP) is 7.53. The highest BCUT2D eigenvalue weighted by atomic mass is 32.2. The number of benzene rings is 4. The summed E-state index contributed by atoms with van der Waals surface area (Å²) in [6.45, 7) is 3.16. The van der Waals surface area contributed by atoms with Crippen molar-refractivity contribution in [2.24, 2.45) is 0 Å². The summed E-state index contributed by atoms with van der Waals surface area (Å²) in [5.74, 6) is 0.977. The first-order valence-electron chi connectivity index (χ1n) is 13.5. The number of hydrogen-bond acceptors (Lipinski definition) is 4. The van der Waals surface area contributed by atoms with Gasteiger partial charge in [0.05, 0.1) is 11.8 Å². The van der Waals surface area contributed by atoms with Gasteiger partial charge in [0.1, 0.15) is 12.4 Å². The molecule has 4 aromatic rings. The molecule has 0 fully saturated rings. The third kappa shape index (κ3) is 12.1. The van der Waals surface area contributed by atoms with Crippen LogP contribution in [0, 0.1) is 0 Å². The van der Waals surface area contributed by atoms with Crippen molar-refractivity contribution >= 4 is 10.1 Å². The summed E-state index contributed by atoms with van der Waals surface area (Å²) in [5, 5.41) is 3.66. The summed E-state index contributed by atoms with van der Waals surface area (Å²) < 4.78 is 70.3. The van der Waals surface area contributed by atoms with Crippen molar-refractivity contribution < 1.29 is 30.9 Å². The van der Waals surface area contributed by atoms with Crippen molar-refractivity contribution in [3.8, 4) is 5.75 Å². The first-order chi connectivity index (χ1) is 19.9. The van der Waals surface area contributed by atoms with E-state index in [9.17, 15) is 21.6 Å². The molecule has 0 aliphatic carbocycles. The Morgan fingerprint density at radius 1 is 0.810 bits per heavy atom. The standard InChI is InChI=1S/C32H32F3NO.CH4O3S/c1-24(36-20-19-31(27-10-4-2-5-11-27)28-12-6-3-7-13-28)21-25-15-17-30(18-16-25)37-23-26-9-8-14-29(22-26)32(33,34)35;1-5(2,3)4/h2-18,22,24,31,36H,19-21,23H2,1H3;1H3,(H,2,3,4). The van der Waals surface area contributed by atoms with E-state index in [0.29, 0.717) is 29.5 Å². The van der Waals surface area contributed by atoms with Gasteiger partial charge in [0.25, 0.3) is 10.1 Å². The van der Waals surface area contributed by atoms with Crippen LogP contribution < -0.4 is 10.1 Å².